The van der Waals surface area contributed by atoms with Crippen LogP contribution in [0.3, 0.4) is 0 Å². The van der Waals surface area contributed by atoms with Crippen LogP contribution in [0, 0.1) is 26.6 Å². The van der Waals surface area contributed by atoms with Gasteiger partial charge in [-0.2, -0.15) is 0 Å². The lowest BCUT2D eigenvalue weighted by Gasteiger charge is -2.20. The molecule has 0 saturated carbocycles. The highest BCUT2D eigenvalue weighted by Gasteiger charge is 2.27. The van der Waals surface area contributed by atoms with Gasteiger partial charge in [-0.15, -0.1) is 3.71 Å². The molecule has 0 bridgehead atoms. The number of aromatic carboxylic acids is 1. The van der Waals surface area contributed by atoms with Crippen molar-refractivity contribution in [2.24, 2.45) is 0 Å². The van der Waals surface area contributed by atoms with Crippen molar-refractivity contribution in [3.05, 3.63) is 82.7 Å². The van der Waals surface area contributed by atoms with E-state index in [4.69, 9.17) is 4.74 Å². The third kappa shape index (κ3) is 5.55. The van der Waals surface area contributed by atoms with Gasteiger partial charge < -0.3 is 9.84 Å². The maximum Gasteiger partial charge on any atom is 0.336 e. The van der Waals surface area contributed by atoms with Crippen molar-refractivity contribution < 1.29 is 27.4 Å². The number of carboxylic acid groups (broad SMARTS) is 1. The second-order valence-corrected chi connectivity index (χ2v) is 10.6. The van der Waals surface area contributed by atoms with E-state index in [0.29, 0.717) is 33.1 Å². The van der Waals surface area contributed by atoms with Crippen LogP contribution in [-0.2, 0) is 10.0 Å². The molecule has 0 heterocycles. The number of hydrogen-bond acceptors (Lipinski definition) is 5. The molecule has 174 valence electrons. The number of ether oxygens (including phenoxy) is 1. The topological polar surface area (TPSA) is 83.9 Å². The molecule has 3 aromatic rings. The summed E-state index contributed by atoms with van der Waals surface area (Å²) in [7, 11) is -3.95. The van der Waals surface area contributed by atoms with Crippen molar-refractivity contribution in [2.75, 3.05) is 6.54 Å². The normalized spacial score (nSPS) is 11.6. The van der Waals surface area contributed by atoms with Crippen LogP contribution < -0.4 is 4.74 Å². The minimum atomic E-state index is -3.95. The van der Waals surface area contributed by atoms with Crippen molar-refractivity contribution >= 4 is 27.9 Å². The van der Waals surface area contributed by atoms with E-state index in [0.717, 1.165) is 11.9 Å². The zero-order valence-electron chi connectivity index (χ0n) is 18.6. The Bertz CT molecular complexity index is 1290. The smallest absolute Gasteiger partial charge is 0.336 e. The minimum absolute atomic E-state index is 0.0350. The van der Waals surface area contributed by atoms with E-state index < -0.39 is 16.0 Å². The summed E-state index contributed by atoms with van der Waals surface area (Å²) in [5.41, 5.74) is 1.56. The molecule has 0 aliphatic carbocycles. The Morgan fingerprint density at radius 1 is 1.00 bits per heavy atom. The van der Waals surface area contributed by atoms with Gasteiger partial charge in [0.15, 0.2) is 0 Å². The SMILES string of the molecule is CCN(Sc1ccc(Oc2ccc(F)c(C)c2)cc1)S(=O)(=O)c1cc(C)c(C)c(C(=O)O)c1. The molecule has 0 aliphatic rings. The van der Waals surface area contributed by atoms with E-state index >= 15 is 0 Å². The average molecular weight is 490 g/mol. The Labute approximate surface area is 197 Å². The van der Waals surface area contributed by atoms with Gasteiger partial charge in [0, 0.05) is 11.4 Å². The van der Waals surface area contributed by atoms with Gasteiger partial charge in [-0.3, -0.25) is 0 Å². The number of nitrogens with zero attached hydrogens (tertiary/aromatic N) is 1. The first-order valence-corrected chi connectivity index (χ1v) is 12.3. The predicted molar refractivity (Wildman–Crippen MR) is 126 cm³/mol. The molecule has 6 nitrogen and oxygen atoms in total. The molecular weight excluding hydrogens is 465 g/mol. The number of halogens is 1. The second kappa shape index (κ2) is 9.94. The Balaban J connectivity index is 1.81. The fraction of sp³-hybridized carbons (Fsp3) is 0.208. The van der Waals surface area contributed by atoms with Crippen LogP contribution in [0.5, 0.6) is 11.5 Å². The predicted octanol–water partition coefficient (Wildman–Crippen LogP) is 5.96. The standard InChI is InChI=1S/C24H24FNO5S2/c1-5-26(33(29,30)21-13-15(2)17(4)22(14-21)24(27)28)32-20-9-6-18(7-10-20)31-19-8-11-23(25)16(3)12-19/h6-14H,5H2,1-4H3,(H,27,28). The highest BCUT2D eigenvalue weighted by molar-refractivity contribution is 8.08. The van der Waals surface area contributed by atoms with Crippen LogP contribution in [0.4, 0.5) is 4.39 Å². The molecule has 0 amide bonds. The molecule has 3 aromatic carbocycles. The zero-order chi connectivity index (χ0) is 24.3. The summed E-state index contributed by atoms with van der Waals surface area (Å²) in [4.78, 5) is 12.1. The molecule has 1 N–H and O–H groups in total. The van der Waals surface area contributed by atoms with Crippen LogP contribution in [0.15, 0.2) is 64.4 Å². The van der Waals surface area contributed by atoms with E-state index in [2.05, 4.69) is 0 Å². The molecule has 0 spiro atoms. The van der Waals surface area contributed by atoms with Gasteiger partial charge in [-0.25, -0.2) is 17.6 Å². The van der Waals surface area contributed by atoms with E-state index in [1.54, 1.807) is 58.0 Å². The molecule has 0 aromatic heterocycles. The average Bonchev–Trinajstić information content (AvgIpc) is 2.77. The summed E-state index contributed by atoms with van der Waals surface area (Å²) in [6.45, 7) is 6.87. The Morgan fingerprint density at radius 3 is 2.21 bits per heavy atom. The van der Waals surface area contributed by atoms with Gasteiger partial charge in [0.25, 0.3) is 10.0 Å². The highest BCUT2D eigenvalue weighted by atomic mass is 32.3. The van der Waals surface area contributed by atoms with Crippen molar-refractivity contribution in [2.45, 2.75) is 37.5 Å². The van der Waals surface area contributed by atoms with Gasteiger partial charge in [-0.05, 0) is 104 Å². The molecule has 3 rings (SSSR count). The molecule has 0 atom stereocenters. The van der Waals surface area contributed by atoms with Gasteiger partial charge in [-0.1, -0.05) is 6.92 Å². The van der Waals surface area contributed by atoms with E-state index in [1.807, 2.05) is 0 Å². The van der Waals surface area contributed by atoms with Crippen molar-refractivity contribution in [1.82, 2.24) is 3.71 Å². The van der Waals surface area contributed by atoms with E-state index in [9.17, 15) is 22.7 Å². The maximum absolute atomic E-state index is 13.4. The summed E-state index contributed by atoms with van der Waals surface area (Å²) in [5, 5.41) is 9.43. The highest BCUT2D eigenvalue weighted by Crippen LogP contribution is 2.32. The van der Waals surface area contributed by atoms with E-state index in [-0.39, 0.29) is 22.8 Å². The van der Waals surface area contributed by atoms with Crippen LogP contribution in [-0.4, -0.2) is 29.7 Å². The lowest BCUT2D eigenvalue weighted by molar-refractivity contribution is 0.0695. The lowest BCUT2D eigenvalue weighted by atomic mass is 10.0. The third-order valence-electron chi connectivity index (χ3n) is 5.09. The number of carbonyl (C=O) groups is 1. The first-order valence-electron chi connectivity index (χ1n) is 10.1. The number of benzene rings is 3. The Hall–Kier alpha value is -2.88. The molecular formula is C24H24FNO5S2. The summed E-state index contributed by atoms with van der Waals surface area (Å²) < 4.78 is 46.8. The molecule has 0 aliphatic heterocycles. The number of rotatable bonds is 8. The maximum atomic E-state index is 13.4. The minimum Gasteiger partial charge on any atom is -0.478 e. The van der Waals surface area contributed by atoms with Crippen molar-refractivity contribution in [3.63, 3.8) is 0 Å². The molecule has 33 heavy (non-hydrogen) atoms. The largest absolute Gasteiger partial charge is 0.478 e. The summed E-state index contributed by atoms with van der Waals surface area (Å²) >= 11 is 1.03. The van der Waals surface area contributed by atoms with Gasteiger partial charge in [0.1, 0.15) is 17.3 Å². The van der Waals surface area contributed by atoms with Crippen LogP contribution in [0.2, 0.25) is 0 Å². The van der Waals surface area contributed by atoms with Gasteiger partial charge in [0.05, 0.1) is 10.5 Å². The quantitative estimate of drug-likeness (QED) is 0.393. The number of aryl methyl sites for hydroxylation is 2. The molecule has 9 heteroatoms. The number of hydrogen-bond donors (Lipinski definition) is 1. The van der Waals surface area contributed by atoms with Crippen molar-refractivity contribution in [1.29, 1.82) is 0 Å². The molecule has 0 saturated heterocycles. The van der Waals surface area contributed by atoms with Crippen LogP contribution in [0.25, 0.3) is 0 Å². The van der Waals surface area contributed by atoms with Crippen LogP contribution in [0.1, 0.15) is 34.0 Å². The van der Waals surface area contributed by atoms with Gasteiger partial charge >= 0.3 is 5.97 Å². The number of sulfonamides is 1. The Kier molecular flexibility index (Phi) is 7.46. The van der Waals surface area contributed by atoms with Crippen LogP contribution >= 0.6 is 11.9 Å². The summed E-state index contributed by atoms with van der Waals surface area (Å²) in [5.74, 6) is -0.461. The first kappa shape index (κ1) is 24.8. The van der Waals surface area contributed by atoms with E-state index in [1.165, 1.54) is 28.0 Å². The first-order chi connectivity index (χ1) is 15.5. The molecule has 0 unspecified atom stereocenters. The summed E-state index contributed by atoms with van der Waals surface area (Å²) in [6, 6.07) is 14.0. The van der Waals surface area contributed by atoms with Gasteiger partial charge in [0.2, 0.25) is 0 Å². The monoisotopic (exact) mass is 489 g/mol. The fourth-order valence-electron chi connectivity index (χ4n) is 3.10. The Morgan fingerprint density at radius 2 is 1.64 bits per heavy atom. The second-order valence-electron chi connectivity index (χ2n) is 7.42. The molecule has 0 radical (unpaired) electrons. The molecule has 0 fully saturated rings. The zero-order valence-corrected chi connectivity index (χ0v) is 20.3. The lowest BCUT2D eigenvalue weighted by Crippen LogP contribution is -2.25. The van der Waals surface area contributed by atoms with Crippen molar-refractivity contribution in [3.8, 4) is 11.5 Å². The number of carboxylic acids is 1. The fourth-order valence-corrected chi connectivity index (χ4v) is 5.80. The summed E-state index contributed by atoms with van der Waals surface area (Å²) in [6.07, 6.45) is 0. The third-order valence-corrected chi connectivity index (χ3v) is 8.47.